The van der Waals surface area contributed by atoms with E-state index in [1.54, 1.807) is 35.9 Å². The van der Waals surface area contributed by atoms with Crippen LogP contribution in [-0.2, 0) is 7.05 Å². The number of hydrogen-bond donors (Lipinski definition) is 0. The van der Waals surface area contributed by atoms with Crippen LogP contribution in [0.2, 0.25) is 0 Å². The summed E-state index contributed by atoms with van der Waals surface area (Å²) in [6.45, 7) is 0. The van der Waals surface area contributed by atoms with Crippen LogP contribution < -0.4 is 0 Å². The van der Waals surface area contributed by atoms with Gasteiger partial charge >= 0.3 is 0 Å². The summed E-state index contributed by atoms with van der Waals surface area (Å²) < 4.78 is 3.11. The molecule has 1 unspecified atom stereocenters. The number of nitriles is 1. The van der Waals surface area contributed by atoms with Crippen molar-refractivity contribution in [2.24, 2.45) is 7.05 Å². The van der Waals surface area contributed by atoms with Gasteiger partial charge in [-0.1, -0.05) is 42.5 Å². The Bertz CT molecular complexity index is 1160. The van der Waals surface area contributed by atoms with Gasteiger partial charge in [0.25, 0.3) is 0 Å². The van der Waals surface area contributed by atoms with Gasteiger partial charge < -0.3 is 4.57 Å². The lowest BCUT2D eigenvalue weighted by molar-refractivity contribution is 0.0975. The summed E-state index contributed by atoms with van der Waals surface area (Å²) in [7, 11) is 1.74. The molecule has 0 bridgehead atoms. The Morgan fingerprint density at radius 2 is 1.93 bits per heavy atom. The van der Waals surface area contributed by atoms with E-state index in [4.69, 9.17) is 0 Å². The van der Waals surface area contributed by atoms with Gasteiger partial charge in [0, 0.05) is 18.2 Å². The van der Waals surface area contributed by atoms with E-state index in [0.29, 0.717) is 22.9 Å². The average Bonchev–Trinajstić information content (AvgIpc) is 3.40. The molecule has 136 valence electrons. The highest BCUT2D eigenvalue weighted by Crippen LogP contribution is 2.24. The molecule has 0 aliphatic heterocycles. The monoisotopic (exact) mass is 370 g/mol. The molecule has 4 rings (SSSR count). The zero-order valence-corrected chi connectivity index (χ0v) is 14.8. The number of carbonyl (C=O) groups is 1. The minimum Gasteiger partial charge on any atom is -0.313 e. The van der Waals surface area contributed by atoms with Gasteiger partial charge in [-0.15, -0.1) is 15.3 Å². The number of ketones is 1. The van der Waals surface area contributed by atoms with Crippen LogP contribution >= 0.6 is 0 Å². The zero-order chi connectivity index (χ0) is 19.5. The molecule has 0 aliphatic rings. The summed E-state index contributed by atoms with van der Waals surface area (Å²) in [6.07, 6.45) is 1.43. The van der Waals surface area contributed by atoms with Gasteiger partial charge in [-0.3, -0.25) is 4.79 Å². The molecular formula is C19H14N8O. The highest BCUT2D eigenvalue weighted by molar-refractivity contribution is 6.02. The van der Waals surface area contributed by atoms with Crippen LogP contribution in [0, 0.1) is 11.3 Å². The zero-order valence-electron chi connectivity index (χ0n) is 14.8. The first kappa shape index (κ1) is 17.2. The number of benzene rings is 2. The highest BCUT2D eigenvalue weighted by Gasteiger charge is 2.28. The van der Waals surface area contributed by atoms with Crippen molar-refractivity contribution < 1.29 is 4.79 Å². The predicted octanol–water partition coefficient (Wildman–Crippen LogP) is 1.95. The molecule has 0 spiro atoms. The second-order valence-corrected chi connectivity index (χ2v) is 6.04. The molecule has 9 nitrogen and oxygen atoms in total. The lowest BCUT2D eigenvalue weighted by atomic mass is 9.97. The maximum atomic E-state index is 13.0. The third-order valence-corrected chi connectivity index (χ3v) is 4.33. The number of hydrogen-bond acceptors (Lipinski definition) is 7. The molecule has 9 heteroatoms. The Morgan fingerprint density at radius 3 is 2.64 bits per heavy atom. The molecule has 0 amide bonds. The van der Waals surface area contributed by atoms with Crippen LogP contribution in [0.4, 0.5) is 0 Å². The van der Waals surface area contributed by atoms with E-state index in [2.05, 4.69) is 31.8 Å². The van der Waals surface area contributed by atoms with Gasteiger partial charge in [0.1, 0.15) is 6.33 Å². The Hall–Kier alpha value is -4.19. The Morgan fingerprint density at radius 1 is 1.11 bits per heavy atom. The van der Waals surface area contributed by atoms with Crippen LogP contribution in [-0.4, -0.2) is 40.8 Å². The normalized spacial score (nSPS) is 11.7. The molecule has 0 saturated heterocycles. The summed E-state index contributed by atoms with van der Waals surface area (Å²) in [5.74, 6) is -0.572. The standard InChI is InChI=1S/C19H14N8O/c1-26-18(13-6-3-2-4-7-13)22-23-19(26)16(11-20)17(28)14-8-5-9-15(10-14)27-12-21-24-25-27/h2-10,12,16H,1H3. The molecule has 28 heavy (non-hydrogen) atoms. The van der Waals surface area contributed by atoms with Crippen molar-refractivity contribution in [1.29, 1.82) is 5.26 Å². The van der Waals surface area contributed by atoms with E-state index in [1.807, 2.05) is 30.3 Å². The SMILES string of the molecule is Cn1c(-c2ccccc2)nnc1C(C#N)C(=O)c1cccc(-n2cnnn2)c1. The molecule has 0 fully saturated rings. The quantitative estimate of drug-likeness (QED) is 0.493. The van der Waals surface area contributed by atoms with Crippen molar-refractivity contribution in [1.82, 2.24) is 35.0 Å². The van der Waals surface area contributed by atoms with Gasteiger partial charge in [-0.2, -0.15) is 5.26 Å². The summed E-state index contributed by atoms with van der Waals surface area (Å²) in [6, 6.07) is 18.3. The fraction of sp³-hybridized carbons (Fsp3) is 0.105. The van der Waals surface area contributed by atoms with Crippen molar-refractivity contribution in [3.05, 3.63) is 72.3 Å². The molecule has 0 aliphatic carbocycles. The lowest BCUT2D eigenvalue weighted by Crippen LogP contribution is -2.16. The van der Waals surface area contributed by atoms with Gasteiger partial charge in [-0.05, 0) is 22.6 Å². The highest BCUT2D eigenvalue weighted by atomic mass is 16.1. The van der Waals surface area contributed by atoms with Gasteiger partial charge in [-0.25, -0.2) is 4.68 Å². The van der Waals surface area contributed by atoms with Gasteiger partial charge in [0.2, 0.25) is 0 Å². The lowest BCUT2D eigenvalue weighted by Gasteiger charge is -2.10. The van der Waals surface area contributed by atoms with Crippen molar-refractivity contribution in [2.45, 2.75) is 5.92 Å². The third kappa shape index (κ3) is 3.03. The smallest absolute Gasteiger partial charge is 0.187 e. The topological polar surface area (TPSA) is 115 Å². The van der Waals surface area contributed by atoms with Crippen LogP contribution in [0.5, 0.6) is 0 Å². The van der Waals surface area contributed by atoms with E-state index >= 15 is 0 Å². The summed E-state index contributed by atoms with van der Waals surface area (Å²) in [4.78, 5) is 13.0. The van der Waals surface area contributed by atoms with E-state index in [-0.39, 0.29) is 5.78 Å². The molecule has 0 saturated carbocycles. The first-order valence-corrected chi connectivity index (χ1v) is 8.41. The number of tetrazole rings is 1. The molecule has 2 aromatic heterocycles. The Labute approximate surface area is 159 Å². The first-order valence-electron chi connectivity index (χ1n) is 8.41. The number of aromatic nitrogens is 7. The number of carbonyl (C=O) groups excluding carboxylic acids is 1. The van der Waals surface area contributed by atoms with Crippen LogP contribution in [0.15, 0.2) is 60.9 Å². The van der Waals surface area contributed by atoms with E-state index in [9.17, 15) is 10.1 Å². The summed E-state index contributed by atoms with van der Waals surface area (Å²) >= 11 is 0. The molecule has 2 aromatic carbocycles. The third-order valence-electron chi connectivity index (χ3n) is 4.33. The predicted molar refractivity (Wildman–Crippen MR) is 98.3 cm³/mol. The largest absolute Gasteiger partial charge is 0.313 e. The van der Waals surface area contributed by atoms with Crippen molar-refractivity contribution in [3.8, 4) is 23.1 Å². The minimum absolute atomic E-state index is 0.291. The summed E-state index contributed by atoms with van der Waals surface area (Å²) in [5, 5.41) is 29.0. The number of Topliss-reactive ketones (excluding diaryl/α,β-unsaturated/α-hetero) is 1. The van der Waals surface area contributed by atoms with Crippen molar-refractivity contribution in [2.75, 3.05) is 0 Å². The second kappa shape index (κ2) is 7.20. The fourth-order valence-corrected chi connectivity index (χ4v) is 2.91. The van der Waals surface area contributed by atoms with Gasteiger partial charge in [0.05, 0.1) is 11.8 Å². The maximum absolute atomic E-state index is 13.0. The Balaban J connectivity index is 1.69. The maximum Gasteiger partial charge on any atom is 0.187 e. The molecular weight excluding hydrogens is 356 g/mol. The first-order chi connectivity index (χ1) is 13.7. The van der Waals surface area contributed by atoms with Crippen LogP contribution in [0.3, 0.4) is 0 Å². The fourth-order valence-electron chi connectivity index (χ4n) is 2.91. The van der Waals surface area contributed by atoms with E-state index in [0.717, 1.165) is 5.56 Å². The number of rotatable bonds is 5. The van der Waals surface area contributed by atoms with E-state index < -0.39 is 5.92 Å². The van der Waals surface area contributed by atoms with Gasteiger partial charge in [0.15, 0.2) is 23.3 Å². The minimum atomic E-state index is -1.08. The molecule has 4 aromatic rings. The van der Waals surface area contributed by atoms with Crippen molar-refractivity contribution >= 4 is 5.78 Å². The van der Waals surface area contributed by atoms with Crippen molar-refractivity contribution in [3.63, 3.8) is 0 Å². The molecule has 2 heterocycles. The summed E-state index contributed by atoms with van der Waals surface area (Å²) in [5.41, 5.74) is 1.84. The van der Waals surface area contributed by atoms with Crippen LogP contribution in [0.25, 0.3) is 17.1 Å². The van der Waals surface area contributed by atoms with E-state index in [1.165, 1.54) is 11.0 Å². The number of nitrogens with zero attached hydrogens (tertiary/aromatic N) is 8. The molecule has 0 N–H and O–H groups in total. The Kier molecular flexibility index (Phi) is 4.43. The molecule has 0 radical (unpaired) electrons. The second-order valence-electron chi connectivity index (χ2n) is 6.04. The van der Waals surface area contributed by atoms with Crippen LogP contribution in [0.1, 0.15) is 22.1 Å². The molecule has 1 atom stereocenters. The average molecular weight is 370 g/mol.